The first-order chi connectivity index (χ1) is 6.77. The zero-order valence-corrected chi connectivity index (χ0v) is 8.07. The summed E-state index contributed by atoms with van der Waals surface area (Å²) in [6, 6.07) is 7.63. The minimum Gasteiger partial charge on any atom is -0.500 e. The molecule has 0 spiro atoms. The first kappa shape index (κ1) is 9.00. The molecule has 1 aromatic rings. The van der Waals surface area contributed by atoms with Crippen molar-refractivity contribution in [1.82, 2.24) is 0 Å². The standard InChI is InChI=1S/C12H12O2/c1-9-2-4-10(5-3-9)12(13)11-6-7-14-8-11/h2-7,11H,8H2,1H3. The molecule has 2 nitrogen and oxygen atoms in total. The van der Waals surface area contributed by atoms with E-state index in [1.54, 1.807) is 6.26 Å². The normalized spacial score (nSPS) is 19.4. The predicted molar refractivity (Wildman–Crippen MR) is 54.1 cm³/mol. The molecule has 14 heavy (non-hydrogen) atoms. The lowest BCUT2D eigenvalue weighted by Gasteiger charge is -2.05. The molecular formula is C12H12O2. The number of hydrogen-bond acceptors (Lipinski definition) is 2. The summed E-state index contributed by atoms with van der Waals surface area (Å²) in [4.78, 5) is 11.8. The van der Waals surface area contributed by atoms with Gasteiger partial charge < -0.3 is 4.74 Å². The van der Waals surface area contributed by atoms with Crippen LogP contribution in [0.3, 0.4) is 0 Å². The van der Waals surface area contributed by atoms with E-state index in [-0.39, 0.29) is 11.7 Å². The maximum atomic E-state index is 11.8. The maximum absolute atomic E-state index is 11.8. The van der Waals surface area contributed by atoms with Gasteiger partial charge in [-0.05, 0) is 13.0 Å². The van der Waals surface area contributed by atoms with E-state index >= 15 is 0 Å². The van der Waals surface area contributed by atoms with Crippen molar-refractivity contribution >= 4 is 5.78 Å². The highest BCUT2D eigenvalue weighted by atomic mass is 16.5. The van der Waals surface area contributed by atoms with Gasteiger partial charge in [0.05, 0.1) is 12.2 Å². The molecule has 1 aromatic carbocycles. The van der Waals surface area contributed by atoms with Crippen LogP contribution < -0.4 is 0 Å². The fourth-order valence-electron chi connectivity index (χ4n) is 1.46. The molecule has 1 aliphatic rings. The van der Waals surface area contributed by atoms with Crippen LogP contribution >= 0.6 is 0 Å². The number of Topliss-reactive ketones (excluding diaryl/α,β-unsaturated/α-hetero) is 1. The van der Waals surface area contributed by atoms with Crippen LogP contribution in [0, 0.1) is 12.8 Å². The molecule has 1 aliphatic heterocycles. The lowest BCUT2D eigenvalue weighted by atomic mass is 9.98. The summed E-state index contributed by atoms with van der Waals surface area (Å²) in [7, 11) is 0. The van der Waals surface area contributed by atoms with E-state index in [2.05, 4.69) is 0 Å². The van der Waals surface area contributed by atoms with Crippen LogP contribution in [0.4, 0.5) is 0 Å². The SMILES string of the molecule is Cc1ccc(C(=O)C2C=COC2)cc1. The molecule has 0 bridgehead atoms. The Bertz CT molecular complexity index is 362. The van der Waals surface area contributed by atoms with E-state index in [0.29, 0.717) is 6.61 Å². The molecule has 72 valence electrons. The highest BCUT2D eigenvalue weighted by molar-refractivity contribution is 5.99. The third-order valence-electron chi connectivity index (χ3n) is 2.36. The van der Waals surface area contributed by atoms with Crippen LogP contribution in [-0.2, 0) is 4.74 Å². The van der Waals surface area contributed by atoms with Crippen molar-refractivity contribution in [3.8, 4) is 0 Å². The van der Waals surface area contributed by atoms with Gasteiger partial charge in [0.1, 0.15) is 6.61 Å². The van der Waals surface area contributed by atoms with E-state index < -0.39 is 0 Å². The molecule has 0 saturated heterocycles. The smallest absolute Gasteiger partial charge is 0.173 e. The van der Waals surface area contributed by atoms with E-state index in [1.807, 2.05) is 37.3 Å². The van der Waals surface area contributed by atoms with Gasteiger partial charge in [0.25, 0.3) is 0 Å². The highest BCUT2D eigenvalue weighted by Crippen LogP contribution is 2.15. The molecule has 0 aliphatic carbocycles. The van der Waals surface area contributed by atoms with E-state index in [1.165, 1.54) is 5.56 Å². The third-order valence-corrected chi connectivity index (χ3v) is 2.36. The topological polar surface area (TPSA) is 26.3 Å². The van der Waals surface area contributed by atoms with Crippen molar-refractivity contribution in [2.45, 2.75) is 6.92 Å². The molecule has 0 radical (unpaired) electrons. The summed E-state index contributed by atoms with van der Waals surface area (Å²) in [5.41, 5.74) is 1.93. The van der Waals surface area contributed by atoms with Gasteiger partial charge in [-0.1, -0.05) is 29.8 Å². The Hall–Kier alpha value is -1.57. The van der Waals surface area contributed by atoms with Crippen molar-refractivity contribution in [3.63, 3.8) is 0 Å². The van der Waals surface area contributed by atoms with Crippen molar-refractivity contribution in [2.75, 3.05) is 6.61 Å². The lowest BCUT2D eigenvalue weighted by Crippen LogP contribution is -2.13. The number of aryl methyl sites for hydroxylation is 1. The molecule has 0 amide bonds. The highest BCUT2D eigenvalue weighted by Gasteiger charge is 2.20. The molecule has 1 atom stereocenters. The number of hydrogen-bond donors (Lipinski definition) is 0. The summed E-state index contributed by atoms with van der Waals surface area (Å²) in [5.74, 6) is 0.0384. The Kier molecular flexibility index (Phi) is 2.35. The van der Waals surface area contributed by atoms with E-state index in [0.717, 1.165) is 5.56 Å². The molecule has 0 saturated carbocycles. The molecule has 1 heterocycles. The van der Waals surface area contributed by atoms with Gasteiger partial charge >= 0.3 is 0 Å². The third kappa shape index (κ3) is 1.69. The minimum atomic E-state index is -0.0993. The average Bonchev–Trinajstić information content (AvgIpc) is 2.71. The lowest BCUT2D eigenvalue weighted by molar-refractivity contribution is 0.0915. The minimum absolute atomic E-state index is 0.0993. The first-order valence-corrected chi connectivity index (χ1v) is 4.66. The van der Waals surface area contributed by atoms with Crippen molar-refractivity contribution in [2.24, 2.45) is 5.92 Å². The fourth-order valence-corrected chi connectivity index (χ4v) is 1.46. The molecule has 2 rings (SSSR count). The summed E-state index contributed by atoms with van der Waals surface area (Å²) in [5, 5.41) is 0. The van der Waals surface area contributed by atoms with Gasteiger partial charge in [-0.2, -0.15) is 0 Å². The second-order valence-electron chi connectivity index (χ2n) is 3.50. The fraction of sp³-hybridized carbons (Fsp3) is 0.250. The van der Waals surface area contributed by atoms with Gasteiger partial charge in [-0.15, -0.1) is 0 Å². The zero-order chi connectivity index (χ0) is 9.97. The van der Waals surface area contributed by atoms with Crippen LogP contribution in [0.2, 0.25) is 0 Å². The van der Waals surface area contributed by atoms with Crippen LogP contribution in [0.1, 0.15) is 15.9 Å². The maximum Gasteiger partial charge on any atom is 0.173 e. The largest absolute Gasteiger partial charge is 0.500 e. The van der Waals surface area contributed by atoms with Gasteiger partial charge in [0, 0.05) is 5.56 Å². The molecular weight excluding hydrogens is 176 g/mol. The number of carbonyl (C=O) groups excluding carboxylic acids is 1. The quantitative estimate of drug-likeness (QED) is 0.666. The van der Waals surface area contributed by atoms with Crippen molar-refractivity contribution < 1.29 is 9.53 Å². The van der Waals surface area contributed by atoms with E-state index in [9.17, 15) is 4.79 Å². The molecule has 0 aromatic heterocycles. The van der Waals surface area contributed by atoms with Gasteiger partial charge in [-0.3, -0.25) is 4.79 Å². The second-order valence-corrected chi connectivity index (χ2v) is 3.50. The molecule has 0 fully saturated rings. The molecule has 1 unspecified atom stereocenters. The summed E-state index contributed by atoms with van der Waals surface area (Å²) in [6.07, 6.45) is 3.40. The zero-order valence-electron chi connectivity index (χ0n) is 8.07. The number of carbonyl (C=O) groups is 1. The summed E-state index contributed by atoms with van der Waals surface area (Å²) < 4.78 is 5.02. The molecule has 0 N–H and O–H groups in total. The summed E-state index contributed by atoms with van der Waals surface area (Å²) in [6.45, 7) is 2.49. The Balaban J connectivity index is 2.18. The van der Waals surface area contributed by atoms with Crippen molar-refractivity contribution in [1.29, 1.82) is 0 Å². The molecule has 2 heteroatoms. The Morgan fingerprint density at radius 2 is 2.07 bits per heavy atom. The first-order valence-electron chi connectivity index (χ1n) is 4.66. The number of ether oxygens (including phenoxy) is 1. The summed E-state index contributed by atoms with van der Waals surface area (Å²) >= 11 is 0. The van der Waals surface area contributed by atoms with Gasteiger partial charge in [0.2, 0.25) is 0 Å². The Morgan fingerprint density at radius 1 is 1.36 bits per heavy atom. The van der Waals surface area contributed by atoms with Crippen molar-refractivity contribution in [3.05, 3.63) is 47.7 Å². The average molecular weight is 188 g/mol. The van der Waals surface area contributed by atoms with Crippen LogP contribution in [0.25, 0.3) is 0 Å². The number of ketones is 1. The monoisotopic (exact) mass is 188 g/mol. The number of benzene rings is 1. The van der Waals surface area contributed by atoms with Crippen LogP contribution in [0.5, 0.6) is 0 Å². The number of rotatable bonds is 2. The predicted octanol–water partition coefficient (Wildman–Crippen LogP) is 2.34. The van der Waals surface area contributed by atoms with Crippen LogP contribution in [0.15, 0.2) is 36.6 Å². The second kappa shape index (κ2) is 3.66. The Morgan fingerprint density at radius 3 is 2.64 bits per heavy atom. The van der Waals surface area contributed by atoms with Crippen LogP contribution in [-0.4, -0.2) is 12.4 Å². The van der Waals surface area contributed by atoms with Gasteiger partial charge in [0.15, 0.2) is 5.78 Å². The van der Waals surface area contributed by atoms with E-state index in [4.69, 9.17) is 4.74 Å². The van der Waals surface area contributed by atoms with Gasteiger partial charge in [-0.25, -0.2) is 0 Å². The Labute approximate surface area is 83.2 Å².